The van der Waals surface area contributed by atoms with E-state index in [0.717, 1.165) is 20.8 Å². The average Bonchev–Trinajstić information content (AvgIpc) is 3.37. The van der Waals surface area contributed by atoms with Crippen LogP contribution in [0.25, 0.3) is 0 Å². The molecule has 5 heterocycles. The molecule has 0 aromatic carbocycles. The van der Waals surface area contributed by atoms with Crippen LogP contribution in [0.5, 0.6) is 0 Å². The molecule has 5 aliphatic rings. The minimum absolute atomic E-state index is 0.786. The molecule has 75 heavy (non-hydrogen) atoms. The maximum atomic E-state index is 12.6. The molecule has 5 fully saturated rings. The summed E-state index contributed by atoms with van der Waals surface area (Å²) in [6.07, 6.45) is -49.3. The smallest absolute Gasteiger partial charge is 0.217 e. The van der Waals surface area contributed by atoms with Crippen molar-refractivity contribution in [1.82, 2.24) is 16.0 Å². The lowest BCUT2D eigenvalue weighted by Gasteiger charge is -2.51. The van der Waals surface area contributed by atoms with Crippen LogP contribution in [0, 0.1) is 0 Å². The van der Waals surface area contributed by atoms with Gasteiger partial charge in [-0.15, -0.1) is 0 Å². The van der Waals surface area contributed by atoms with Crippen LogP contribution in [0.3, 0.4) is 0 Å². The minimum Gasteiger partial charge on any atom is -0.394 e. The molecule has 0 bridgehead atoms. The van der Waals surface area contributed by atoms with Gasteiger partial charge in [-0.2, -0.15) is 0 Å². The summed E-state index contributed by atoms with van der Waals surface area (Å²) in [6, 6.07) is -5.02. The van der Waals surface area contributed by atoms with Crippen molar-refractivity contribution in [2.24, 2.45) is 0 Å². The van der Waals surface area contributed by atoms with Gasteiger partial charge in [0.1, 0.15) is 134 Å². The van der Waals surface area contributed by atoms with Gasteiger partial charge < -0.3 is 150 Å². The maximum absolute atomic E-state index is 12.6. The first-order valence-corrected chi connectivity index (χ1v) is 23.9. The molecular formula is C42H73N3O30. The first-order chi connectivity index (χ1) is 35.3. The Kier molecular flexibility index (Phi) is 23.5. The molecule has 5 rings (SSSR count). The largest absolute Gasteiger partial charge is 0.394 e. The number of aliphatic hydroxyl groups excluding tert-OH is 17. The number of hydrogen-bond acceptors (Lipinski definition) is 30. The van der Waals surface area contributed by atoms with Crippen LogP contribution in [-0.4, -0.2) is 322 Å². The lowest BCUT2D eigenvalue weighted by Crippen LogP contribution is -2.70. The van der Waals surface area contributed by atoms with Crippen molar-refractivity contribution in [3.63, 3.8) is 0 Å². The van der Waals surface area contributed by atoms with E-state index in [0.29, 0.717) is 0 Å². The number of carbonyl (C=O) groups is 3. The van der Waals surface area contributed by atoms with E-state index < -0.39 is 235 Å². The van der Waals surface area contributed by atoms with Crippen LogP contribution in [0.2, 0.25) is 0 Å². The van der Waals surface area contributed by atoms with Gasteiger partial charge in [0.25, 0.3) is 0 Å². The summed E-state index contributed by atoms with van der Waals surface area (Å²) in [6.45, 7) is -1.60. The van der Waals surface area contributed by atoms with Gasteiger partial charge in [-0.1, -0.05) is 0 Å². The fraction of sp³-hybridized carbons (Fsp3) is 0.929. The predicted octanol–water partition coefficient (Wildman–Crippen LogP) is -13.0. The summed E-state index contributed by atoms with van der Waals surface area (Å²) in [5.41, 5.74) is 0. The maximum Gasteiger partial charge on any atom is 0.217 e. The molecule has 0 aromatic rings. The Morgan fingerprint density at radius 1 is 0.480 bits per heavy atom. The van der Waals surface area contributed by atoms with Gasteiger partial charge in [0.05, 0.1) is 51.8 Å². The summed E-state index contributed by atoms with van der Waals surface area (Å²) in [5.74, 6) is -2.43. The molecule has 0 saturated carbocycles. The lowest BCUT2D eigenvalue weighted by molar-refractivity contribution is -0.398. The number of amides is 3. The van der Waals surface area contributed by atoms with E-state index in [1.807, 2.05) is 0 Å². The van der Waals surface area contributed by atoms with Gasteiger partial charge in [-0.05, 0) is 6.92 Å². The third kappa shape index (κ3) is 14.8. The number of aliphatic hydroxyl groups is 17. The van der Waals surface area contributed by atoms with Crippen LogP contribution < -0.4 is 16.0 Å². The second kappa shape index (κ2) is 28.0. The zero-order chi connectivity index (χ0) is 55.9. The van der Waals surface area contributed by atoms with E-state index in [4.69, 9.17) is 47.4 Å². The molecule has 0 unspecified atom stereocenters. The normalized spacial score (nSPS) is 44.2. The van der Waals surface area contributed by atoms with Crippen LogP contribution in [0.15, 0.2) is 0 Å². The zero-order valence-electron chi connectivity index (χ0n) is 40.9. The zero-order valence-corrected chi connectivity index (χ0v) is 40.9. The monoisotopic (exact) mass is 1100 g/mol. The van der Waals surface area contributed by atoms with E-state index in [2.05, 4.69) is 16.0 Å². The molecule has 20 N–H and O–H groups in total. The highest BCUT2D eigenvalue weighted by Crippen LogP contribution is 2.37. The number of rotatable bonds is 22. The van der Waals surface area contributed by atoms with E-state index in [1.165, 1.54) is 6.92 Å². The fourth-order valence-corrected chi connectivity index (χ4v) is 9.15. The second-order valence-corrected chi connectivity index (χ2v) is 18.8. The van der Waals surface area contributed by atoms with Crippen molar-refractivity contribution in [2.45, 2.75) is 205 Å². The Balaban J connectivity index is 1.45. The molecule has 436 valence electrons. The van der Waals surface area contributed by atoms with Gasteiger partial charge in [-0.3, -0.25) is 14.4 Å². The van der Waals surface area contributed by atoms with Crippen molar-refractivity contribution < 1.29 is 149 Å². The molecule has 0 aromatic heterocycles. The van der Waals surface area contributed by atoms with Crippen LogP contribution >= 0.6 is 0 Å². The quantitative estimate of drug-likeness (QED) is 0.0479. The van der Waals surface area contributed by atoms with E-state index in [9.17, 15) is 101 Å². The summed E-state index contributed by atoms with van der Waals surface area (Å²) in [4.78, 5) is 37.0. The van der Waals surface area contributed by atoms with Crippen molar-refractivity contribution >= 4 is 17.7 Å². The number of ether oxygens (including phenoxy) is 10. The Labute approximate surface area is 426 Å². The molecule has 29 atom stereocenters. The molecule has 0 aliphatic carbocycles. The van der Waals surface area contributed by atoms with Crippen LogP contribution in [0.4, 0.5) is 0 Å². The highest BCUT2D eigenvalue weighted by atomic mass is 16.8. The summed E-state index contributed by atoms with van der Waals surface area (Å²) in [7, 11) is 0. The fourth-order valence-electron chi connectivity index (χ4n) is 9.15. The third-order valence-electron chi connectivity index (χ3n) is 13.2. The van der Waals surface area contributed by atoms with E-state index in [1.54, 1.807) is 0 Å². The Bertz CT molecular complexity index is 1800. The van der Waals surface area contributed by atoms with Crippen LogP contribution in [0.1, 0.15) is 27.7 Å². The van der Waals surface area contributed by atoms with Gasteiger partial charge in [0.15, 0.2) is 31.5 Å². The number of carbonyl (C=O) groups excluding carboxylic acids is 3. The highest BCUT2D eigenvalue weighted by molar-refractivity contribution is 5.74. The number of hydrogen-bond donors (Lipinski definition) is 20. The third-order valence-corrected chi connectivity index (χ3v) is 13.2. The first-order valence-electron chi connectivity index (χ1n) is 23.9. The molecule has 3 amide bonds. The molecule has 5 aliphatic heterocycles. The Hall–Kier alpha value is -2.67. The topological polar surface area (TPSA) is 524 Å². The predicted molar refractivity (Wildman–Crippen MR) is 235 cm³/mol. The van der Waals surface area contributed by atoms with Crippen molar-refractivity contribution in [3.8, 4) is 0 Å². The molecule has 0 radical (unpaired) electrons. The Morgan fingerprint density at radius 2 is 0.947 bits per heavy atom. The van der Waals surface area contributed by atoms with E-state index in [-0.39, 0.29) is 0 Å². The van der Waals surface area contributed by atoms with Gasteiger partial charge >= 0.3 is 0 Å². The minimum atomic E-state index is -2.24. The summed E-state index contributed by atoms with van der Waals surface area (Å²) >= 11 is 0. The first kappa shape index (κ1) is 63.2. The van der Waals surface area contributed by atoms with Gasteiger partial charge in [0, 0.05) is 20.8 Å². The van der Waals surface area contributed by atoms with Crippen molar-refractivity contribution in [1.29, 1.82) is 0 Å². The number of nitrogens with one attached hydrogen (secondary N) is 3. The molecule has 33 heteroatoms. The SMILES string of the molecule is CC(=O)N[C@H]1[C@H](OC[C@@H](O)[C@H](O)[C@H](O[C@@H]2O[C@H](CO)[C@H](O)[C@H](O)[C@H]2O)[C@H](CO)NC(C)=O)O[C@H](CO)[C@@H](O[C@@H]2O[C@H](CO)[C@H](O)[C@H](O[C@@H]3O[C@H](CO)[C@H](O)[C@H](O)[C@H]3NC(C)=O)[C@H]2O[C@@H]2O[C@@H](C)[C@@H](O)[C@@H](O)[C@@H]2O)[C@@H]1O. The molecular weight excluding hydrogens is 1030 g/mol. The summed E-state index contributed by atoms with van der Waals surface area (Å²) in [5, 5.41) is 189. The standard InChI is InChI=1S/C42H73N3O30/c1-11-23(55)30(62)32(64)40(67-11)75-37-36(74-39-21(44-13(3)52)28(60)25(57)17(6-47)68-39)27(59)19(8-49)70-42(37)73-35-20(9-50)71-38(22(29(35)61)45-14(4)53)66-10-16(54)24(56)34(15(5-46)43-12(2)51)72-41-33(65)31(63)26(58)18(7-48)69-41/h11,15-42,46-50,54-65H,5-10H2,1-4H3,(H,43,51)(H,44,52)(H,45,53)/t11-,15-,16+,17+,18+,19+,20+,21+,22+,23+,24-,25-,26-,27-,28+,29+,30+,31-,32-,33+,34+,35+,36-,37+,38+,39-,40-,41-,42-/m0/s1. The lowest BCUT2D eigenvalue weighted by atomic mass is 9.94. The van der Waals surface area contributed by atoms with Gasteiger partial charge in [-0.25, -0.2) is 0 Å². The van der Waals surface area contributed by atoms with Crippen LogP contribution in [-0.2, 0) is 61.8 Å². The van der Waals surface area contributed by atoms with Crippen molar-refractivity contribution in [2.75, 3.05) is 39.6 Å². The molecule has 5 saturated heterocycles. The Morgan fingerprint density at radius 3 is 1.49 bits per heavy atom. The van der Waals surface area contributed by atoms with Gasteiger partial charge in [0.2, 0.25) is 17.7 Å². The molecule has 33 nitrogen and oxygen atoms in total. The second-order valence-electron chi connectivity index (χ2n) is 18.8. The van der Waals surface area contributed by atoms with E-state index >= 15 is 0 Å². The summed E-state index contributed by atoms with van der Waals surface area (Å²) < 4.78 is 58.2. The molecule has 0 spiro atoms. The average molecular weight is 1100 g/mol. The highest BCUT2D eigenvalue weighted by Gasteiger charge is 2.57. The van der Waals surface area contributed by atoms with Crippen molar-refractivity contribution in [3.05, 3.63) is 0 Å².